The summed E-state index contributed by atoms with van der Waals surface area (Å²) in [6.07, 6.45) is 3.39. The molecule has 0 unspecified atom stereocenters. The quantitative estimate of drug-likeness (QED) is 0.679. The molecule has 0 saturated heterocycles. The van der Waals surface area contributed by atoms with Crippen molar-refractivity contribution >= 4 is 23.2 Å². The summed E-state index contributed by atoms with van der Waals surface area (Å²) in [6, 6.07) is 3.43. The molecule has 0 atom stereocenters. The number of rotatable bonds is 8. The smallest absolute Gasteiger partial charge is 0.169 e. The number of aryl methyl sites for hydroxylation is 1. The van der Waals surface area contributed by atoms with Crippen molar-refractivity contribution in [3.05, 3.63) is 22.8 Å². The molecule has 0 radical (unpaired) electrons. The molecule has 136 valence electrons. The molecule has 0 fully saturated rings. The van der Waals surface area contributed by atoms with Crippen LogP contribution in [-0.2, 0) is 0 Å². The highest BCUT2D eigenvalue weighted by Gasteiger charge is 2.20. The molecule has 2 aromatic rings. The first-order valence-electron chi connectivity index (χ1n) is 8.31. The van der Waals surface area contributed by atoms with Crippen LogP contribution in [0.3, 0.4) is 0 Å². The number of nitrogens with one attached hydrogen (secondary N) is 1. The lowest BCUT2D eigenvalue weighted by Crippen LogP contribution is -2.10. The molecular weight excluding hydrogens is 340 g/mol. The van der Waals surface area contributed by atoms with Crippen LogP contribution in [0.5, 0.6) is 11.5 Å². The molecule has 2 rings (SSSR count). The van der Waals surface area contributed by atoms with Gasteiger partial charge in [0.2, 0.25) is 0 Å². The van der Waals surface area contributed by atoms with Crippen molar-refractivity contribution in [2.45, 2.75) is 33.1 Å². The van der Waals surface area contributed by atoms with Crippen LogP contribution in [0.1, 0.15) is 31.9 Å². The summed E-state index contributed by atoms with van der Waals surface area (Å²) in [5, 5.41) is 3.77. The fraction of sp³-hybridized carbons (Fsp3) is 0.444. The lowest BCUT2D eigenvalue weighted by atomic mass is 10.1. The van der Waals surface area contributed by atoms with E-state index in [1.165, 1.54) is 0 Å². The van der Waals surface area contributed by atoms with Gasteiger partial charge in [-0.2, -0.15) is 0 Å². The molecule has 0 aliphatic carbocycles. The van der Waals surface area contributed by atoms with Crippen molar-refractivity contribution < 1.29 is 9.47 Å². The van der Waals surface area contributed by atoms with E-state index in [9.17, 15) is 0 Å². The third-order valence-electron chi connectivity index (χ3n) is 3.88. The highest BCUT2D eigenvalue weighted by molar-refractivity contribution is 6.31. The molecule has 0 aliphatic heterocycles. The summed E-state index contributed by atoms with van der Waals surface area (Å²) in [5.41, 5.74) is 8.14. The molecule has 1 aromatic heterocycles. The average molecular weight is 365 g/mol. The largest absolute Gasteiger partial charge is 0.496 e. The number of hydrogen-bond acceptors (Lipinski definition) is 6. The highest BCUT2D eigenvalue weighted by atomic mass is 35.5. The predicted molar refractivity (Wildman–Crippen MR) is 103 cm³/mol. The normalized spacial score (nSPS) is 10.6. The minimum atomic E-state index is 0.344. The van der Waals surface area contributed by atoms with Gasteiger partial charge in [-0.05, 0) is 25.5 Å². The SMILES string of the molecule is CCCCCNc1nc(C)c(-c2c(OC)cc(Cl)cc2OC)nc1N. The van der Waals surface area contributed by atoms with Gasteiger partial charge in [-0.15, -0.1) is 0 Å². The highest BCUT2D eigenvalue weighted by Crippen LogP contribution is 2.41. The van der Waals surface area contributed by atoms with Gasteiger partial charge in [-0.3, -0.25) is 0 Å². The van der Waals surface area contributed by atoms with Crippen LogP contribution in [0.25, 0.3) is 11.3 Å². The maximum absolute atomic E-state index is 6.12. The van der Waals surface area contributed by atoms with Crippen molar-refractivity contribution in [3.8, 4) is 22.8 Å². The number of anilines is 2. The van der Waals surface area contributed by atoms with Crippen molar-refractivity contribution in [3.63, 3.8) is 0 Å². The van der Waals surface area contributed by atoms with E-state index in [0.29, 0.717) is 39.4 Å². The van der Waals surface area contributed by atoms with E-state index >= 15 is 0 Å². The van der Waals surface area contributed by atoms with E-state index in [1.54, 1.807) is 26.4 Å². The van der Waals surface area contributed by atoms with E-state index in [0.717, 1.165) is 31.5 Å². The number of halogens is 1. The molecule has 25 heavy (non-hydrogen) atoms. The van der Waals surface area contributed by atoms with E-state index < -0.39 is 0 Å². The zero-order valence-electron chi connectivity index (χ0n) is 15.1. The molecule has 7 heteroatoms. The number of benzene rings is 1. The number of ether oxygens (including phenoxy) is 2. The van der Waals surface area contributed by atoms with E-state index in [-0.39, 0.29) is 0 Å². The molecular formula is C18H25ClN4O2. The number of methoxy groups -OCH3 is 2. The Bertz CT molecular complexity index is 712. The van der Waals surface area contributed by atoms with Gasteiger partial charge in [0.15, 0.2) is 11.6 Å². The van der Waals surface area contributed by atoms with E-state index in [4.69, 9.17) is 26.8 Å². The van der Waals surface area contributed by atoms with Crippen LogP contribution in [0.15, 0.2) is 12.1 Å². The number of hydrogen-bond donors (Lipinski definition) is 2. The monoisotopic (exact) mass is 364 g/mol. The summed E-state index contributed by atoms with van der Waals surface area (Å²) in [5.74, 6) is 2.06. The minimum absolute atomic E-state index is 0.344. The van der Waals surface area contributed by atoms with Crippen molar-refractivity contribution in [2.24, 2.45) is 0 Å². The predicted octanol–water partition coefficient (Wildman–Crippen LogP) is 4.31. The summed E-state index contributed by atoms with van der Waals surface area (Å²) < 4.78 is 10.9. The Kier molecular flexibility index (Phi) is 6.70. The van der Waals surface area contributed by atoms with Gasteiger partial charge in [-0.1, -0.05) is 31.4 Å². The third kappa shape index (κ3) is 4.45. The van der Waals surface area contributed by atoms with Crippen LogP contribution < -0.4 is 20.5 Å². The second-order valence-electron chi connectivity index (χ2n) is 5.71. The van der Waals surface area contributed by atoms with Gasteiger partial charge in [-0.25, -0.2) is 9.97 Å². The molecule has 0 amide bonds. The van der Waals surface area contributed by atoms with E-state index in [1.807, 2.05) is 6.92 Å². The molecule has 0 spiro atoms. The Labute approximate surface area is 153 Å². The van der Waals surface area contributed by atoms with Crippen LogP contribution >= 0.6 is 11.6 Å². The maximum Gasteiger partial charge on any atom is 0.169 e. The van der Waals surface area contributed by atoms with Gasteiger partial charge >= 0.3 is 0 Å². The molecule has 3 N–H and O–H groups in total. The minimum Gasteiger partial charge on any atom is -0.496 e. The molecule has 1 heterocycles. The van der Waals surface area contributed by atoms with Gasteiger partial charge in [0.1, 0.15) is 17.2 Å². The summed E-state index contributed by atoms with van der Waals surface area (Å²) in [4.78, 5) is 9.12. The molecule has 6 nitrogen and oxygen atoms in total. The zero-order valence-corrected chi connectivity index (χ0v) is 15.9. The van der Waals surface area contributed by atoms with Crippen molar-refractivity contribution in [1.82, 2.24) is 9.97 Å². The molecule has 0 aliphatic rings. The number of nitrogens with two attached hydrogens (primary N) is 1. The van der Waals surface area contributed by atoms with Gasteiger partial charge < -0.3 is 20.5 Å². The third-order valence-corrected chi connectivity index (χ3v) is 4.10. The Morgan fingerprint density at radius 2 is 1.76 bits per heavy atom. The lowest BCUT2D eigenvalue weighted by molar-refractivity contribution is 0.397. The first kappa shape index (κ1) is 19.1. The van der Waals surface area contributed by atoms with Crippen molar-refractivity contribution in [2.75, 3.05) is 31.8 Å². The van der Waals surface area contributed by atoms with Crippen LogP contribution in [0.4, 0.5) is 11.6 Å². The second-order valence-corrected chi connectivity index (χ2v) is 6.15. The van der Waals surface area contributed by atoms with Gasteiger partial charge in [0.25, 0.3) is 0 Å². The topological polar surface area (TPSA) is 82.3 Å². The molecule has 0 saturated carbocycles. The van der Waals surface area contributed by atoms with Gasteiger partial charge in [0, 0.05) is 11.6 Å². The van der Waals surface area contributed by atoms with E-state index in [2.05, 4.69) is 22.2 Å². The number of nitrogens with zero attached hydrogens (tertiary/aromatic N) is 2. The maximum atomic E-state index is 6.12. The van der Waals surface area contributed by atoms with Gasteiger partial charge in [0.05, 0.1) is 25.5 Å². The number of unbranched alkanes of at least 4 members (excludes halogenated alkanes) is 2. The number of aromatic nitrogens is 2. The summed E-state index contributed by atoms with van der Waals surface area (Å²) in [7, 11) is 3.15. The number of nitrogen functional groups attached to an aromatic ring is 1. The zero-order chi connectivity index (χ0) is 18.4. The fourth-order valence-electron chi connectivity index (χ4n) is 2.59. The molecule has 1 aromatic carbocycles. The Morgan fingerprint density at radius 1 is 1.12 bits per heavy atom. The standard InChI is InChI=1S/C18H25ClN4O2/c1-5-6-7-8-21-18-17(20)23-16(11(2)22-18)15-13(24-3)9-12(19)10-14(15)25-4/h9-10H,5-8H2,1-4H3,(H2,20,23)(H,21,22). The first-order valence-corrected chi connectivity index (χ1v) is 8.69. The summed E-state index contributed by atoms with van der Waals surface area (Å²) >= 11 is 6.12. The second kappa shape index (κ2) is 8.76. The lowest BCUT2D eigenvalue weighted by Gasteiger charge is -2.16. The first-order chi connectivity index (χ1) is 12.0. The fourth-order valence-corrected chi connectivity index (χ4v) is 2.79. The van der Waals surface area contributed by atoms with Crippen LogP contribution in [0.2, 0.25) is 5.02 Å². The Hall–Kier alpha value is -2.21. The Morgan fingerprint density at radius 3 is 2.32 bits per heavy atom. The molecule has 0 bridgehead atoms. The van der Waals surface area contributed by atoms with Crippen molar-refractivity contribution in [1.29, 1.82) is 0 Å². The van der Waals surface area contributed by atoms with Crippen LogP contribution in [-0.4, -0.2) is 30.7 Å². The Balaban J connectivity index is 2.42. The average Bonchev–Trinajstić information content (AvgIpc) is 2.60. The summed E-state index contributed by atoms with van der Waals surface area (Å²) in [6.45, 7) is 4.87. The van der Waals surface area contributed by atoms with Crippen LogP contribution in [0, 0.1) is 6.92 Å².